The van der Waals surface area contributed by atoms with Crippen molar-refractivity contribution in [2.24, 2.45) is 0 Å². The number of rotatable bonds is 6. The number of hydrogen-bond acceptors (Lipinski definition) is 5. The summed E-state index contributed by atoms with van der Waals surface area (Å²) in [4.78, 5) is 16.8. The van der Waals surface area contributed by atoms with Gasteiger partial charge in [0.15, 0.2) is 5.13 Å². The van der Waals surface area contributed by atoms with E-state index in [0.717, 1.165) is 23.4 Å². The van der Waals surface area contributed by atoms with Crippen LogP contribution in [-0.4, -0.2) is 17.5 Å². The summed E-state index contributed by atoms with van der Waals surface area (Å²) in [6.07, 6.45) is 0.979. The maximum atomic E-state index is 12.3. The van der Waals surface area contributed by atoms with Gasteiger partial charge >= 0.3 is 0 Å². The van der Waals surface area contributed by atoms with Crippen LogP contribution >= 0.6 is 11.3 Å². The fourth-order valence-corrected chi connectivity index (χ4v) is 3.14. The molecule has 1 amide bonds. The fourth-order valence-electron chi connectivity index (χ4n) is 2.43. The lowest BCUT2D eigenvalue weighted by atomic mass is 10.2. The molecule has 5 nitrogen and oxygen atoms in total. The number of carbonyl (C=O) groups excluding carboxylic acids is 1. The number of carbonyl (C=O) groups is 1. The molecule has 0 saturated heterocycles. The summed E-state index contributed by atoms with van der Waals surface area (Å²) in [6.45, 7) is 6.38. The summed E-state index contributed by atoms with van der Waals surface area (Å²) >= 11 is 1.39. The maximum Gasteiger partial charge on any atom is 0.260 e. The summed E-state index contributed by atoms with van der Waals surface area (Å²) < 4.78 is 11.0. The molecular weight excluding hydrogens is 336 g/mol. The van der Waals surface area contributed by atoms with Gasteiger partial charge in [-0.05, 0) is 50.6 Å². The smallest absolute Gasteiger partial charge is 0.260 e. The van der Waals surface area contributed by atoms with E-state index in [1.165, 1.54) is 11.3 Å². The zero-order valence-electron chi connectivity index (χ0n) is 14.5. The fraction of sp³-hybridized carbons (Fsp3) is 0.263. The largest absolute Gasteiger partial charge is 0.494 e. The Labute approximate surface area is 150 Å². The van der Waals surface area contributed by atoms with E-state index in [1.807, 2.05) is 36.6 Å². The summed E-state index contributed by atoms with van der Waals surface area (Å²) in [5.74, 6) is 1.96. The van der Waals surface area contributed by atoms with Crippen LogP contribution in [0.25, 0.3) is 11.3 Å². The third-order valence-electron chi connectivity index (χ3n) is 3.63. The molecule has 25 heavy (non-hydrogen) atoms. The van der Waals surface area contributed by atoms with Crippen molar-refractivity contribution in [3.05, 3.63) is 52.8 Å². The van der Waals surface area contributed by atoms with Crippen molar-refractivity contribution in [3.8, 4) is 17.0 Å². The van der Waals surface area contributed by atoms with Gasteiger partial charge in [0.25, 0.3) is 5.91 Å². The molecule has 0 saturated carbocycles. The molecule has 0 aliphatic heterocycles. The number of ether oxygens (including phenoxy) is 1. The number of nitrogens with zero attached hydrogens (tertiary/aromatic N) is 1. The molecule has 3 aromatic rings. The third-order valence-corrected chi connectivity index (χ3v) is 4.39. The van der Waals surface area contributed by atoms with E-state index in [0.29, 0.717) is 28.8 Å². The van der Waals surface area contributed by atoms with Gasteiger partial charge in [0.05, 0.1) is 17.9 Å². The highest BCUT2D eigenvalue weighted by molar-refractivity contribution is 7.14. The van der Waals surface area contributed by atoms with Gasteiger partial charge < -0.3 is 9.15 Å². The van der Waals surface area contributed by atoms with E-state index in [2.05, 4.69) is 17.2 Å². The van der Waals surface area contributed by atoms with Gasteiger partial charge in [-0.15, -0.1) is 11.3 Å². The van der Waals surface area contributed by atoms with E-state index in [1.54, 1.807) is 13.0 Å². The molecule has 130 valence electrons. The zero-order chi connectivity index (χ0) is 17.8. The summed E-state index contributed by atoms with van der Waals surface area (Å²) in [5, 5.41) is 5.31. The standard InChI is InChI=1S/C19H20N2O3S/c1-4-9-23-15-7-5-14(6-8-15)17-11-25-19(20-17)21-18(22)16-10-12(2)24-13(16)3/h5-8,10-11H,4,9H2,1-3H3,(H,20,21,22). The van der Waals surface area contributed by atoms with Crippen molar-refractivity contribution in [2.45, 2.75) is 27.2 Å². The molecule has 0 aliphatic carbocycles. The molecule has 6 heteroatoms. The Balaban J connectivity index is 1.69. The van der Waals surface area contributed by atoms with Gasteiger partial charge in [0.1, 0.15) is 17.3 Å². The van der Waals surface area contributed by atoms with Crippen LogP contribution in [0.4, 0.5) is 5.13 Å². The van der Waals surface area contributed by atoms with Crippen molar-refractivity contribution in [1.29, 1.82) is 0 Å². The number of anilines is 1. The molecule has 0 fully saturated rings. The first kappa shape index (κ1) is 17.2. The number of amides is 1. The molecule has 0 bridgehead atoms. The van der Waals surface area contributed by atoms with E-state index in [4.69, 9.17) is 9.15 Å². The van der Waals surface area contributed by atoms with Gasteiger partial charge in [0.2, 0.25) is 0 Å². The molecular formula is C19H20N2O3S. The molecule has 2 heterocycles. The lowest BCUT2D eigenvalue weighted by molar-refractivity contribution is 0.102. The second-order valence-corrected chi connectivity index (χ2v) is 6.55. The third kappa shape index (κ3) is 4.09. The Bertz CT molecular complexity index is 865. The molecule has 1 aromatic carbocycles. The van der Waals surface area contributed by atoms with E-state index in [-0.39, 0.29) is 5.91 Å². The molecule has 3 rings (SSSR count). The number of aromatic nitrogens is 1. The summed E-state index contributed by atoms with van der Waals surface area (Å²) in [7, 11) is 0. The van der Waals surface area contributed by atoms with Gasteiger partial charge in [-0.2, -0.15) is 0 Å². The van der Waals surface area contributed by atoms with Gasteiger partial charge in [-0.1, -0.05) is 6.92 Å². The van der Waals surface area contributed by atoms with E-state index >= 15 is 0 Å². The number of thiazole rings is 1. The zero-order valence-corrected chi connectivity index (χ0v) is 15.3. The number of hydrogen-bond donors (Lipinski definition) is 1. The van der Waals surface area contributed by atoms with Crippen molar-refractivity contribution in [1.82, 2.24) is 4.98 Å². The highest BCUT2D eigenvalue weighted by Crippen LogP contribution is 2.27. The molecule has 2 aromatic heterocycles. The van der Waals surface area contributed by atoms with Gasteiger partial charge in [-0.25, -0.2) is 4.98 Å². The second-order valence-electron chi connectivity index (χ2n) is 5.69. The Morgan fingerprint density at radius 1 is 1.28 bits per heavy atom. The highest BCUT2D eigenvalue weighted by atomic mass is 32.1. The lowest BCUT2D eigenvalue weighted by Crippen LogP contribution is -2.11. The first-order valence-corrected chi connectivity index (χ1v) is 9.02. The molecule has 0 spiro atoms. The van der Waals surface area contributed by atoms with Crippen LogP contribution in [0.5, 0.6) is 5.75 Å². The number of aryl methyl sites for hydroxylation is 2. The minimum Gasteiger partial charge on any atom is -0.494 e. The maximum absolute atomic E-state index is 12.3. The van der Waals surface area contributed by atoms with Crippen molar-refractivity contribution in [2.75, 3.05) is 11.9 Å². The monoisotopic (exact) mass is 356 g/mol. The normalized spacial score (nSPS) is 10.7. The number of benzene rings is 1. The summed E-state index contributed by atoms with van der Waals surface area (Å²) in [6, 6.07) is 9.53. The Morgan fingerprint density at radius 3 is 2.68 bits per heavy atom. The SMILES string of the molecule is CCCOc1ccc(-c2csc(NC(=O)c3cc(C)oc3C)n2)cc1. The number of furan rings is 1. The van der Waals surface area contributed by atoms with Crippen LogP contribution in [0, 0.1) is 13.8 Å². The van der Waals surface area contributed by atoms with Crippen molar-refractivity contribution in [3.63, 3.8) is 0 Å². The minimum absolute atomic E-state index is 0.210. The van der Waals surface area contributed by atoms with Gasteiger partial charge in [0, 0.05) is 10.9 Å². The number of nitrogens with one attached hydrogen (secondary N) is 1. The second kappa shape index (κ2) is 7.53. The van der Waals surface area contributed by atoms with Crippen LogP contribution in [0.3, 0.4) is 0 Å². The topological polar surface area (TPSA) is 64.4 Å². The van der Waals surface area contributed by atoms with E-state index in [9.17, 15) is 4.79 Å². The first-order valence-electron chi connectivity index (χ1n) is 8.14. The predicted molar refractivity (Wildman–Crippen MR) is 99.5 cm³/mol. The van der Waals surface area contributed by atoms with E-state index < -0.39 is 0 Å². The van der Waals surface area contributed by atoms with Crippen LogP contribution in [-0.2, 0) is 0 Å². The molecule has 0 atom stereocenters. The average Bonchev–Trinajstić information content (AvgIpc) is 3.19. The molecule has 1 N–H and O–H groups in total. The highest BCUT2D eigenvalue weighted by Gasteiger charge is 2.15. The van der Waals surface area contributed by atoms with Crippen LogP contribution in [0.15, 0.2) is 40.1 Å². The van der Waals surface area contributed by atoms with Crippen LogP contribution in [0.1, 0.15) is 35.2 Å². The molecule has 0 radical (unpaired) electrons. The van der Waals surface area contributed by atoms with Crippen LogP contribution < -0.4 is 10.1 Å². The van der Waals surface area contributed by atoms with Gasteiger partial charge in [-0.3, -0.25) is 10.1 Å². The summed E-state index contributed by atoms with van der Waals surface area (Å²) in [5.41, 5.74) is 2.34. The predicted octanol–water partition coefficient (Wildman–Crippen LogP) is 5.06. The average molecular weight is 356 g/mol. The van der Waals surface area contributed by atoms with Crippen LogP contribution in [0.2, 0.25) is 0 Å². The molecule has 0 aliphatic rings. The lowest BCUT2D eigenvalue weighted by Gasteiger charge is -2.04. The van der Waals surface area contributed by atoms with Crippen molar-refractivity contribution < 1.29 is 13.9 Å². The Morgan fingerprint density at radius 2 is 2.04 bits per heavy atom. The first-order chi connectivity index (χ1) is 12.1. The Hall–Kier alpha value is -2.60. The quantitative estimate of drug-likeness (QED) is 0.670. The minimum atomic E-state index is -0.210. The molecule has 0 unspecified atom stereocenters. The Kier molecular flexibility index (Phi) is 5.19. The van der Waals surface area contributed by atoms with Crippen molar-refractivity contribution >= 4 is 22.4 Å².